The monoisotopic (exact) mass is 431 g/mol. The molecule has 1 aliphatic heterocycles. The van der Waals surface area contributed by atoms with Crippen LogP contribution in [-0.4, -0.2) is 88.2 Å². The summed E-state index contributed by atoms with van der Waals surface area (Å²) in [5, 5.41) is 36.0. The molecule has 1 heterocycles. The van der Waals surface area contributed by atoms with E-state index in [2.05, 4.69) is 16.0 Å². The quantitative estimate of drug-likeness (QED) is 0.148. The highest BCUT2D eigenvalue weighted by Gasteiger charge is 2.33. The van der Waals surface area contributed by atoms with Gasteiger partial charge in [-0.1, -0.05) is 0 Å². The van der Waals surface area contributed by atoms with Crippen LogP contribution in [0.1, 0.15) is 25.7 Å². The van der Waals surface area contributed by atoms with E-state index >= 15 is 0 Å². The molecule has 1 saturated heterocycles. The van der Waals surface area contributed by atoms with E-state index in [1.807, 2.05) is 5.32 Å². The van der Waals surface area contributed by atoms with Crippen molar-refractivity contribution in [3.63, 3.8) is 0 Å². The normalized spacial score (nSPS) is 18.5. The topological polar surface area (TPSA) is 237 Å². The Kier molecular flexibility index (Phi) is 9.64. The number of carboxylic acids is 2. The zero-order valence-electron chi connectivity index (χ0n) is 15.9. The molecule has 0 radical (unpaired) electrons. The van der Waals surface area contributed by atoms with Gasteiger partial charge in [0, 0.05) is 0 Å². The number of carboxylic acid groups (broad SMARTS) is 2. The van der Waals surface area contributed by atoms with Gasteiger partial charge in [0.25, 0.3) is 0 Å². The van der Waals surface area contributed by atoms with Crippen LogP contribution in [0.3, 0.4) is 0 Å². The number of aliphatic hydroxyl groups excluding tert-OH is 1. The number of carbonyl (C=O) groups excluding carboxylic acids is 4. The minimum atomic E-state index is -1.74. The highest BCUT2D eigenvalue weighted by atomic mass is 16.4. The Hall–Kier alpha value is -3.26. The number of nitrogens with one attached hydrogen (secondary N) is 4. The molecule has 0 spiro atoms. The predicted octanol–water partition coefficient (Wildman–Crippen LogP) is -4.38. The number of nitrogens with two attached hydrogens (primary N) is 1. The van der Waals surface area contributed by atoms with E-state index in [0.717, 1.165) is 6.42 Å². The van der Waals surface area contributed by atoms with Crippen molar-refractivity contribution in [2.24, 2.45) is 5.73 Å². The second-order valence-electron chi connectivity index (χ2n) is 6.62. The number of aliphatic hydroxyl groups is 1. The summed E-state index contributed by atoms with van der Waals surface area (Å²) in [5.41, 5.74) is 5.10. The standard InChI is InChI=1S/C16H25N5O9/c17-11(23)4-8(19-13(26)7-2-1-3-18-7)14(27)20-9(5-12(24)25)15(28)21-10(6-22)16(29)30/h7-10,18,22H,1-6H2,(H2,17,23)(H,19,26)(H,20,27)(H,21,28)(H,24,25)(H,29,30). The first kappa shape index (κ1) is 24.8. The molecule has 4 amide bonds. The van der Waals surface area contributed by atoms with Gasteiger partial charge in [0.05, 0.1) is 25.5 Å². The van der Waals surface area contributed by atoms with Crippen LogP contribution < -0.4 is 27.0 Å². The van der Waals surface area contributed by atoms with Gasteiger partial charge in [-0.05, 0) is 19.4 Å². The van der Waals surface area contributed by atoms with E-state index in [0.29, 0.717) is 13.0 Å². The number of hydrogen-bond acceptors (Lipinski definition) is 8. The van der Waals surface area contributed by atoms with Gasteiger partial charge in [0.1, 0.15) is 18.1 Å². The van der Waals surface area contributed by atoms with Gasteiger partial charge in [0.2, 0.25) is 23.6 Å². The molecule has 4 atom stereocenters. The molecular weight excluding hydrogens is 406 g/mol. The Balaban J connectivity index is 2.90. The fourth-order valence-electron chi connectivity index (χ4n) is 2.71. The summed E-state index contributed by atoms with van der Waals surface area (Å²) in [4.78, 5) is 70.2. The van der Waals surface area contributed by atoms with Crippen molar-refractivity contribution in [2.45, 2.75) is 49.9 Å². The Labute approximate surface area is 170 Å². The average molecular weight is 431 g/mol. The van der Waals surface area contributed by atoms with Crippen LogP contribution in [0.2, 0.25) is 0 Å². The molecule has 14 nitrogen and oxygen atoms in total. The van der Waals surface area contributed by atoms with Crippen molar-refractivity contribution in [1.82, 2.24) is 21.3 Å². The van der Waals surface area contributed by atoms with Crippen molar-refractivity contribution in [1.29, 1.82) is 0 Å². The van der Waals surface area contributed by atoms with Gasteiger partial charge < -0.3 is 42.3 Å². The molecular formula is C16H25N5O9. The molecule has 1 aliphatic rings. The Morgan fingerprint density at radius 3 is 1.93 bits per heavy atom. The van der Waals surface area contributed by atoms with Crippen molar-refractivity contribution in [3.05, 3.63) is 0 Å². The van der Waals surface area contributed by atoms with Crippen molar-refractivity contribution in [3.8, 4) is 0 Å². The van der Waals surface area contributed by atoms with Crippen molar-refractivity contribution in [2.75, 3.05) is 13.2 Å². The number of carbonyl (C=O) groups is 6. The maximum Gasteiger partial charge on any atom is 0.328 e. The highest BCUT2D eigenvalue weighted by molar-refractivity contribution is 5.97. The van der Waals surface area contributed by atoms with Crippen LogP contribution in [0.25, 0.3) is 0 Å². The fourth-order valence-corrected chi connectivity index (χ4v) is 2.71. The summed E-state index contributed by atoms with van der Waals surface area (Å²) in [5.74, 6) is -6.81. The summed E-state index contributed by atoms with van der Waals surface area (Å²) >= 11 is 0. The summed E-state index contributed by atoms with van der Waals surface area (Å²) in [6, 6.07) is -5.51. The smallest absolute Gasteiger partial charge is 0.328 e. The van der Waals surface area contributed by atoms with Crippen molar-refractivity contribution < 1.29 is 44.1 Å². The van der Waals surface area contributed by atoms with Crippen LogP contribution in [0.5, 0.6) is 0 Å². The van der Waals surface area contributed by atoms with E-state index in [9.17, 15) is 28.8 Å². The molecule has 1 rings (SSSR count). The van der Waals surface area contributed by atoms with Gasteiger partial charge >= 0.3 is 11.9 Å². The van der Waals surface area contributed by atoms with Crippen LogP contribution in [0, 0.1) is 0 Å². The third kappa shape index (κ3) is 8.00. The Bertz CT molecular complexity index is 693. The van der Waals surface area contributed by atoms with Crippen LogP contribution in [0.15, 0.2) is 0 Å². The van der Waals surface area contributed by atoms with Gasteiger partial charge in [-0.2, -0.15) is 0 Å². The lowest BCUT2D eigenvalue weighted by Crippen LogP contribution is -2.58. The number of primary amides is 1. The lowest BCUT2D eigenvalue weighted by atomic mass is 10.1. The lowest BCUT2D eigenvalue weighted by Gasteiger charge is -2.23. The lowest BCUT2D eigenvalue weighted by molar-refractivity contribution is -0.144. The summed E-state index contributed by atoms with van der Waals surface area (Å²) in [6.07, 6.45) is -0.281. The molecule has 0 aromatic carbocycles. The van der Waals surface area contributed by atoms with E-state index in [4.69, 9.17) is 21.1 Å². The minimum Gasteiger partial charge on any atom is -0.481 e. The van der Waals surface area contributed by atoms with Gasteiger partial charge in [-0.15, -0.1) is 0 Å². The first-order chi connectivity index (χ1) is 14.0. The van der Waals surface area contributed by atoms with Crippen LogP contribution in [-0.2, 0) is 28.8 Å². The first-order valence-electron chi connectivity index (χ1n) is 9.03. The third-order valence-electron chi connectivity index (χ3n) is 4.22. The molecule has 0 aliphatic carbocycles. The Morgan fingerprint density at radius 1 is 0.933 bits per heavy atom. The molecule has 1 fully saturated rings. The second kappa shape index (κ2) is 11.7. The van der Waals surface area contributed by atoms with Crippen molar-refractivity contribution >= 4 is 35.6 Å². The average Bonchev–Trinajstić information content (AvgIpc) is 3.18. The van der Waals surface area contributed by atoms with Gasteiger partial charge in [0.15, 0.2) is 0 Å². The molecule has 14 heteroatoms. The highest BCUT2D eigenvalue weighted by Crippen LogP contribution is 2.06. The van der Waals surface area contributed by atoms with E-state index in [1.165, 1.54) is 0 Å². The molecule has 0 aromatic rings. The zero-order chi connectivity index (χ0) is 22.8. The predicted molar refractivity (Wildman–Crippen MR) is 97.6 cm³/mol. The van der Waals surface area contributed by atoms with E-state index in [1.54, 1.807) is 0 Å². The number of amides is 4. The number of rotatable bonds is 12. The third-order valence-corrected chi connectivity index (χ3v) is 4.22. The summed E-state index contributed by atoms with van der Waals surface area (Å²) in [7, 11) is 0. The number of hydrogen-bond donors (Lipinski definition) is 8. The van der Waals surface area contributed by atoms with Crippen LogP contribution in [0.4, 0.5) is 0 Å². The molecule has 30 heavy (non-hydrogen) atoms. The number of aliphatic carboxylic acids is 2. The molecule has 0 bridgehead atoms. The zero-order valence-corrected chi connectivity index (χ0v) is 15.9. The van der Waals surface area contributed by atoms with E-state index < -0.39 is 79.2 Å². The van der Waals surface area contributed by atoms with Crippen LogP contribution >= 0.6 is 0 Å². The molecule has 0 saturated carbocycles. The second-order valence-corrected chi connectivity index (χ2v) is 6.62. The first-order valence-corrected chi connectivity index (χ1v) is 9.03. The van der Waals surface area contributed by atoms with E-state index in [-0.39, 0.29) is 0 Å². The molecule has 9 N–H and O–H groups in total. The summed E-state index contributed by atoms with van der Waals surface area (Å²) < 4.78 is 0. The van der Waals surface area contributed by atoms with Gasteiger partial charge in [-0.25, -0.2) is 4.79 Å². The SMILES string of the molecule is NC(=O)CC(NC(=O)C1CCCN1)C(=O)NC(CC(=O)O)C(=O)NC(CO)C(=O)O. The minimum absolute atomic E-state index is 0.512. The van der Waals surface area contributed by atoms with Gasteiger partial charge in [-0.3, -0.25) is 24.0 Å². The molecule has 0 aromatic heterocycles. The Morgan fingerprint density at radius 2 is 1.50 bits per heavy atom. The maximum atomic E-state index is 12.5. The molecule has 168 valence electrons. The summed E-state index contributed by atoms with van der Waals surface area (Å²) in [6.45, 7) is -0.370. The maximum absolute atomic E-state index is 12.5. The molecule has 4 unspecified atom stereocenters. The largest absolute Gasteiger partial charge is 0.481 e. The fraction of sp³-hybridized carbons (Fsp3) is 0.625.